The van der Waals surface area contributed by atoms with E-state index in [2.05, 4.69) is 4.99 Å². The predicted molar refractivity (Wildman–Crippen MR) is 128 cm³/mol. The highest BCUT2D eigenvalue weighted by Crippen LogP contribution is 2.20. The van der Waals surface area contributed by atoms with Gasteiger partial charge in [-0.2, -0.15) is 16.8 Å². The molecule has 0 radical (unpaired) electrons. The van der Waals surface area contributed by atoms with Crippen LogP contribution in [0.5, 0.6) is 0 Å². The average molecular weight is 493 g/mol. The second kappa shape index (κ2) is 10.9. The van der Waals surface area contributed by atoms with Gasteiger partial charge in [0.1, 0.15) is 0 Å². The Morgan fingerprint density at radius 1 is 1.16 bits per heavy atom. The van der Waals surface area contributed by atoms with Crippen molar-refractivity contribution in [2.24, 2.45) is 4.99 Å². The monoisotopic (exact) mass is 492 g/mol. The third-order valence-corrected chi connectivity index (χ3v) is 8.20. The number of thioether (sulfide) groups is 1. The van der Waals surface area contributed by atoms with Gasteiger partial charge in [0.15, 0.2) is 14.6 Å². The quantitative estimate of drug-likeness (QED) is 0.424. The number of benzene rings is 2. The molecule has 0 aliphatic rings. The molecule has 0 N–H and O–H groups in total. The summed E-state index contributed by atoms with van der Waals surface area (Å²) in [5, 5.41) is 0. The number of nitrogens with zero attached hydrogens (tertiary/aromatic N) is 2. The van der Waals surface area contributed by atoms with Gasteiger partial charge in [-0.05, 0) is 43.0 Å². The van der Waals surface area contributed by atoms with Gasteiger partial charge in [-0.3, -0.25) is 4.79 Å². The zero-order chi connectivity index (χ0) is 23.1. The van der Waals surface area contributed by atoms with Gasteiger partial charge in [-0.15, -0.1) is 0 Å². The van der Waals surface area contributed by atoms with Crippen molar-refractivity contribution in [1.29, 1.82) is 0 Å². The Morgan fingerprint density at radius 3 is 2.59 bits per heavy atom. The van der Waals surface area contributed by atoms with Gasteiger partial charge in [-0.1, -0.05) is 29.5 Å². The van der Waals surface area contributed by atoms with Crippen LogP contribution in [0.1, 0.15) is 23.2 Å². The van der Waals surface area contributed by atoms with E-state index in [0.29, 0.717) is 16.9 Å². The molecular formula is C22H24N2O5S3. The van der Waals surface area contributed by atoms with Crippen molar-refractivity contribution in [1.82, 2.24) is 4.57 Å². The summed E-state index contributed by atoms with van der Waals surface area (Å²) in [5.41, 5.74) is 1.32. The number of carbonyl (C=O) groups is 2. The first-order chi connectivity index (χ1) is 15.4. The molecule has 0 aliphatic heterocycles. The highest BCUT2D eigenvalue weighted by Gasteiger charge is 2.15. The number of hydrogen-bond acceptors (Lipinski definition) is 7. The van der Waals surface area contributed by atoms with Crippen molar-refractivity contribution in [3.63, 3.8) is 0 Å². The number of fused-ring (bicyclic) bond motifs is 1. The maximum Gasteiger partial charge on any atom is 0.337 e. The lowest BCUT2D eigenvalue weighted by Crippen LogP contribution is -2.18. The SMILES string of the molecule is COC(=O)c1ccc2c(c1)sc(=NC(=O)CCCS(=O)(=O)c1ccccc1)n2CCSC. The summed E-state index contributed by atoms with van der Waals surface area (Å²) < 4.78 is 32.3. The third kappa shape index (κ3) is 5.87. The first-order valence-corrected chi connectivity index (χ1v) is 13.8. The van der Waals surface area contributed by atoms with Crippen molar-refractivity contribution < 1.29 is 22.7 Å². The van der Waals surface area contributed by atoms with Crippen LogP contribution in [0.4, 0.5) is 0 Å². The van der Waals surface area contributed by atoms with Crippen molar-refractivity contribution in [2.45, 2.75) is 24.3 Å². The first-order valence-electron chi connectivity index (χ1n) is 9.91. The number of thiazole rings is 1. The molecule has 2 aromatic carbocycles. The molecule has 0 aliphatic carbocycles. The fraction of sp³-hybridized carbons (Fsp3) is 0.318. The number of ether oxygens (including phenoxy) is 1. The lowest BCUT2D eigenvalue weighted by atomic mass is 10.2. The van der Waals surface area contributed by atoms with E-state index >= 15 is 0 Å². The minimum atomic E-state index is -3.43. The Balaban J connectivity index is 1.80. The summed E-state index contributed by atoms with van der Waals surface area (Å²) in [4.78, 5) is 29.4. The highest BCUT2D eigenvalue weighted by molar-refractivity contribution is 7.98. The fourth-order valence-corrected chi connectivity index (χ4v) is 5.93. The molecule has 32 heavy (non-hydrogen) atoms. The molecule has 0 saturated heterocycles. The molecule has 170 valence electrons. The third-order valence-electron chi connectivity index (χ3n) is 4.75. The average Bonchev–Trinajstić information content (AvgIpc) is 3.13. The van der Waals surface area contributed by atoms with Crippen molar-refractivity contribution in [3.8, 4) is 0 Å². The number of aromatic nitrogens is 1. The Bertz CT molecular complexity index is 1280. The number of hydrogen-bond donors (Lipinski definition) is 0. The summed E-state index contributed by atoms with van der Waals surface area (Å²) in [5.74, 6) is -0.0722. The van der Waals surface area contributed by atoms with Crippen molar-refractivity contribution in [3.05, 3.63) is 58.9 Å². The smallest absolute Gasteiger partial charge is 0.337 e. The van der Waals surface area contributed by atoms with E-state index in [0.717, 1.165) is 16.0 Å². The maximum atomic E-state index is 12.5. The highest BCUT2D eigenvalue weighted by atomic mass is 32.2. The van der Waals surface area contributed by atoms with Crippen LogP contribution in [0, 0.1) is 0 Å². The number of carbonyl (C=O) groups excluding carboxylic acids is 2. The topological polar surface area (TPSA) is 94.8 Å². The predicted octanol–water partition coefficient (Wildman–Crippen LogP) is 3.53. The summed E-state index contributed by atoms with van der Waals surface area (Å²) in [6.45, 7) is 0.660. The van der Waals surface area contributed by atoms with E-state index in [1.54, 1.807) is 54.2 Å². The minimum absolute atomic E-state index is 0.0379. The van der Waals surface area contributed by atoms with Crippen LogP contribution in [-0.4, -0.2) is 49.7 Å². The van der Waals surface area contributed by atoms with Crippen LogP contribution >= 0.6 is 23.1 Å². The Hall–Kier alpha value is -2.43. The van der Waals surface area contributed by atoms with Crippen LogP contribution in [0.15, 0.2) is 58.4 Å². The van der Waals surface area contributed by atoms with Gasteiger partial charge in [-0.25, -0.2) is 13.2 Å². The lowest BCUT2D eigenvalue weighted by molar-refractivity contribution is -0.118. The zero-order valence-corrected chi connectivity index (χ0v) is 20.3. The van der Waals surface area contributed by atoms with E-state index < -0.39 is 15.8 Å². The fourth-order valence-electron chi connectivity index (χ4n) is 3.12. The molecule has 0 unspecified atom stereocenters. The summed E-state index contributed by atoms with van der Waals surface area (Å²) >= 11 is 3.00. The molecule has 3 aromatic rings. The number of rotatable bonds is 9. The maximum absolute atomic E-state index is 12.5. The van der Waals surface area contributed by atoms with Gasteiger partial charge in [0.25, 0.3) is 0 Å². The number of methoxy groups -OCH3 is 1. The molecule has 0 saturated carbocycles. The standard InChI is InChI=1S/C22H24N2O5S3/c1-29-21(26)16-10-11-18-19(15-16)31-22(24(18)12-13-30-2)23-20(25)9-6-14-32(27,28)17-7-4-3-5-8-17/h3-5,7-8,10-11,15H,6,9,12-14H2,1-2H3. The van der Waals surface area contributed by atoms with E-state index in [9.17, 15) is 18.0 Å². The van der Waals surface area contributed by atoms with Crippen LogP contribution in [-0.2, 0) is 25.9 Å². The van der Waals surface area contributed by atoms with E-state index in [1.807, 2.05) is 16.9 Å². The van der Waals surface area contributed by atoms with Crippen LogP contribution in [0.2, 0.25) is 0 Å². The van der Waals surface area contributed by atoms with Gasteiger partial charge in [0.05, 0.1) is 33.5 Å². The molecule has 0 spiro atoms. The Labute approximate surface area is 195 Å². The molecule has 7 nitrogen and oxygen atoms in total. The molecule has 1 amide bonds. The van der Waals surface area contributed by atoms with Crippen LogP contribution in [0.25, 0.3) is 10.2 Å². The van der Waals surface area contributed by atoms with Crippen molar-refractivity contribution in [2.75, 3.05) is 24.9 Å². The number of sulfone groups is 1. The first kappa shape index (κ1) is 24.2. The van der Waals surface area contributed by atoms with Gasteiger partial charge >= 0.3 is 5.97 Å². The van der Waals surface area contributed by atoms with Crippen LogP contribution < -0.4 is 4.80 Å². The number of esters is 1. The second-order valence-electron chi connectivity index (χ2n) is 6.94. The zero-order valence-electron chi connectivity index (χ0n) is 17.8. The largest absolute Gasteiger partial charge is 0.465 e. The van der Waals surface area contributed by atoms with Gasteiger partial charge in [0.2, 0.25) is 5.91 Å². The van der Waals surface area contributed by atoms with Gasteiger partial charge in [0, 0.05) is 18.7 Å². The minimum Gasteiger partial charge on any atom is -0.465 e. The second-order valence-corrected chi connectivity index (χ2v) is 11.0. The van der Waals surface area contributed by atoms with Crippen molar-refractivity contribution >= 4 is 55.0 Å². The number of amides is 1. The van der Waals surface area contributed by atoms with E-state index in [-0.39, 0.29) is 29.4 Å². The Kier molecular flexibility index (Phi) is 8.27. The molecule has 0 bridgehead atoms. The van der Waals surface area contributed by atoms with E-state index in [4.69, 9.17) is 4.74 Å². The number of aryl methyl sites for hydroxylation is 1. The summed E-state index contributed by atoms with van der Waals surface area (Å²) in [6.07, 6.45) is 2.23. The molecule has 1 heterocycles. The van der Waals surface area contributed by atoms with Gasteiger partial charge < -0.3 is 9.30 Å². The summed E-state index contributed by atoms with van der Waals surface area (Å²) in [7, 11) is -2.10. The summed E-state index contributed by atoms with van der Waals surface area (Å²) in [6, 6.07) is 13.5. The van der Waals surface area contributed by atoms with E-state index in [1.165, 1.54) is 18.4 Å². The molecule has 0 fully saturated rings. The molecule has 3 rings (SSSR count). The van der Waals surface area contributed by atoms with Crippen LogP contribution in [0.3, 0.4) is 0 Å². The lowest BCUT2D eigenvalue weighted by Gasteiger charge is -2.05. The molecular weight excluding hydrogens is 468 g/mol. The Morgan fingerprint density at radius 2 is 1.91 bits per heavy atom. The normalized spacial score (nSPS) is 12.2. The molecule has 1 aromatic heterocycles. The molecule has 10 heteroatoms. The molecule has 0 atom stereocenters.